The normalized spacial score (nSPS) is 10.8. The van der Waals surface area contributed by atoms with Crippen molar-refractivity contribution in [2.24, 2.45) is 5.73 Å². The van der Waals surface area contributed by atoms with Crippen LogP contribution >= 0.6 is 0 Å². The molecule has 0 aliphatic carbocycles. The number of nitrogens with one attached hydrogen (secondary N) is 2. The van der Waals surface area contributed by atoms with E-state index < -0.39 is 23.0 Å². The number of nitrogens with zero attached hydrogens (tertiary/aromatic N) is 1. The molecular formula is C23H26FN5O3. The first-order valence-electron chi connectivity index (χ1n) is 10.3. The van der Waals surface area contributed by atoms with Crippen molar-refractivity contribution in [2.75, 3.05) is 17.6 Å². The van der Waals surface area contributed by atoms with Gasteiger partial charge in [-0.05, 0) is 49.6 Å². The summed E-state index contributed by atoms with van der Waals surface area (Å²) in [6, 6.07) is 12.7. The Morgan fingerprint density at radius 1 is 1.06 bits per heavy atom. The first-order valence-corrected chi connectivity index (χ1v) is 10.3. The van der Waals surface area contributed by atoms with E-state index in [0.29, 0.717) is 37.2 Å². The van der Waals surface area contributed by atoms with Crippen LogP contribution in [0.4, 0.5) is 15.8 Å². The number of aromatic amines is 1. The van der Waals surface area contributed by atoms with Crippen LogP contribution in [0.3, 0.4) is 0 Å². The van der Waals surface area contributed by atoms with Crippen molar-refractivity contribution in [3.05, 3.63) is 92.0 Å². The number of nitrogens with two attached hydrogens (primary N) is 2. The van der Waals surface area contributed by atoms with Crippen LogP contribution in [0.1, 0.15) is 29.7 Å². The Morgan fingerprint density at radius 3 is 2.47 bits per heavy atom. The number of nitrogen functional groups attached to an aromatic ring is 1. The number of aromatic nitrogens is 2. The Labute approximate surface area is 184 Å². The van der Waals surface area contributed by atoms with Crippen molar-refractivity contribution in [2.45, 2.75) is 32.2 Å². The van der Waals surface area contributed by atoms with E-state index in [1.807, 2.05) is 0 Å². The third-order valence-corrected chi connectivity index (χ3v) is 5.04. The lowest BCUT2D eigenvalue weighted by molar-refractivity contribution is -0.115. The summed E-state index contributed by atoms with van der Waals surface area (Å²) in [6.45, 7) is 0.207. The first-order chi connectivity index (χ1) is 15.4. The molecule has 0 spiro atoms. The molecule has 0 saturated heterocycles. The molecule has 0 aliphatic rings. The highest BCUT2D eigenvalue weighted by atomic mass is 19.1. The van der Waals surface area contributed by atoms with Crippen molar-refractivity contribution >= 4 is 17.3 Å². The molecule has 2 aromatic carbocycles. The van der Waals surface area contributed by atoms with Crippen molar-refractivity contribution in [1.82, 2.24) is 9.55 Å². The van der Waals surface area contributed by atoms with E-state index in [2.05, 4.69) is 10.3 Å². The van der Waals surface area contributed by atoms with Gasteiger partial charge in [-0.3, -0.25) is 14.2 Å². The molecule has 0 radical (unpaired) electrons. The maximum absolute atomic E-state index is 14.1. The maximum atomic E-state index is 14.1. The lowest BCUT2D eigenvalue weighted by Crippen LogP contribution is -2.39. The average molecular weight is 439 g/mol. The maximum Gasteiger partial charge on any atom is 0.328 e. The molecule has 0 fully saturated rings. The molecule has 0 unspecified atom stereocenters. The molecule has 0 saturated carbocycles. The number of H-pyrrole nitrogens is 1. The topological polar surface area (TPSA) is 136 Å². The van der Waals surface area contributed by atoms with E-state index in [0.717, 1.165) is 10.1 Å². The number of unbranched alkanes of at least 4 members (excludes halogenated alkanes) is 1. The Balaban J connectivity index is 1.93. The molecule has 3 aromatic rings. The van der Waals surface area contributed by atoms with E-state index in [-0.39, 0.29) is 24.2 Å². The highest BCUT2D eigenvalue weighted by molar-refractivity contribution is 5.92. The fraction of sp³-hybridized carbons (Fsp3) is 0.261. The molecule has 9 heteroatoms. The Bertz CT molecular complexity index is 1200. The minimum Gasteiger partial charge on any atom is -0.399 e. The van der Waals surface area contributed by atoms with Crippen molar-refractivity contribution in [1.29, 1.82) is 0 Å². The first kappa shape index (κ1) is 23.0. The molecular weight excluding hydrogens is 413 g/mol. The zero-order valence-electron chi connectivity index (χ0n) is 17.6. The zero-order chi connectivity index (χ0) is 23.1. The predicted molar refractivity (Wildman–Crippen MR) is 122 cm³/mol. The number of rotatable bonds is 9. The molecule has 1 heterocycles. The number of aryl methyl sites for hydroxylation is 1. The summed E-state index contributed by atoms with van der Waals surface area (Å²) in [5, 5.41) is 2.64. The van der Waals surface area contributed by atoms with Gasteiger partial charge < -0.3 is 21.8 Å². The number of anilines is 2. The molecule has 0 atom stereocenters. The fourth-order valence-electron chi connectivity index (χ4n) is 3.32. The summed E-state index contributed by atoms with van der Waals surface area (Å²) in [7, 11) is 0. The van der Waals surface area contributed by atoms with Gasteiger partial charge in [-0.25, -0.2) is 9.18 Å². The van der Waals surface area contributed by atoms with Crippen LogP contribution in [0.5, 0.6) is 0 Å². The lowest BCUT2D eigenvalue weighted by Gasteiger charge is -2.14. The van der Waals surface area contributed by atoms with Crippen LogP contribution < -0.4 is 28.0 Å². The number of hydrogen-bond donors (Lipinski definition) is 4. The molecule has 168 valence electrons. The molecule has 0 bridgehead atoms. The fourth-order valence-corrected chi connectivity index (χ4v) is 3.32. The monoisotopic (exact) mass is 439 g/mol. The smallest absolute Gasteiger partial charge is 0.328 e. The highest BCUT2D eigenvalue weighted by Crippen LogP contribution is 2.13. The van der Waals surface area contributed by atoms with Gasteiger partial charge in [0.1, 0.15) is 11.5 Å². The van der Waals surface area contributed by atoms with Gasteiger partial charge in [-0.2, -0.15) is 0 Å². The van der Waals surface area contributed by atoms with E-state index >= 15 is 0 Å². The predicted octanol–water partition coefficient (Wildman–Crippen LogP) is 1.77. The van der Waals surface area contributed by atoms with Gasteiger partial charge in [0.15, 0.2) is 0 Å². The van der Waals surface area contributed by atoms with Gasteiger partial charge in [0.05, 0.1) is 13.0 Å². The number of benzene rings is 2. The second kappa shape index (κ2) is 10.5. The van der Waals surface area contributed by atoms with Gasteiger partial charge >= 0.3 is 5.69 Å². The van der Waals surface area contributed by atoms with Gasteiger partial charge in [0.25, 0.3) is 5.56 Å². The van der Waals surface area contributed by atoms with Crippen LogP contribution in [-0.4, -0.2) is 22.0 Å². The summed E-state index contributed by atoms with van der Waals surface area (Å²) in [4.78, 5) is 41.1. The third-order valence-electron chi connectivity index (χ3n) is 5.04. The SMILES string of the molecule is NCCCCc1[nH]c(=O)n(Cc2ccccc2F)c(=O)c1NC(=O)Cc1ccc(N)cc1. The third kappa shape index (κ3) is 5.70. The Hall–Kier alpha value is -3.72. The van der Waals surface area contributed by atoms with Crippen LogP contribution in [-0.2, 0) is 24.2 Å². The van der Waals surface area contributed by atoms with E-state index in [1.54, 1.807) is 30.3 Å². The summed E-state index contributed by atoms with van der Waals surface area (Å²) in [5.41, 5.74) is 11.6. The van der Waals surface area contributed by atoms with Gasteiger partial charge in [-0.1, -0.05) is 30.3 Å². The molecule has 0 aliphatic heterocycles. The van der Waals surface area contributed by atoms with Crippen molar-refractivity contribution in [3.63, 3.8) is 0 Å². The highest BCUT2D eigenvalue weighted by Gasteiger charge is 2.17. The van der Waals surface area contributed by atoms with Crippen LogP contribution in [0.2, 0.25) is 0 Å². The summed E-state index contributed by atoms with van der Waals surface area (Å²) < 4.78 is 15.0. The van der Waals surface area contributed by atoms with Crippen molar-refractivity contribution < 1.29 is 9.18 Å². The van der Waals surface area contributed by atoms with Crippen LogP contribution in [0.15, 0.2) is 58.1 Å². The molecule has 8 nitrogen and oxygen atoms in total. The summed E-state index contributed by atoms with van der Waals surface area (Å²) >= 11 is 0. The number of amides is 1. The molecule has 32 heavy (non-hydrogen) atoms. The van der Waals surface area contributed by atoms with E-state index in [1.165, 1.54) is 18.2 Å². The standard InChI is InChI=1S/C23H26FN5O3/c24-18-6-2-1-5-16(18)14-29-22(31)21(19(27-23(29)32)7-3-4-12-25)28-20(30)13-15-8-10-17(26)11-9-15/h1-2,5-6,8-11H,3-4,7,12-14,25-26H2,(H,27,32)(H,28,30). The minimum atomic E-state index is -0.689. The van der Waals surface area contributed by atoms with Crippen molar-refractivity contribution in [3.8, 4) is 0 Å². The quantitative estimate of drug-likeness (QED) is 0.298. The van der Waals surface area contributed by atoms with Crippen LogP contribution in [0.25, 0.3) is 0 Å². The Morgan fingerprint density at radius 2 is 1.78 bits per heavy atom. The number of carbonyl (C=O) groups is 1. The Kier molecular flexibility index (Phi) is 7.56. The zero-order valence-corrected chi connectivity index (χ0v) is 17.6. The number of carbonyl (C=O) groups excluding carboxylic acids is 1. The number of halogens is 1. The molecule has 1 aromatic heterocycles. The average Bonchev–Trinajstić information content (AvgIpc) is 2.76. The van der Waals surface area contributed by atoms with Gasteiger partial charge in [0, 0.05) is 16.9 Å². The molecule has 6 N–H and O–H groups in total. The molecule has 3 rings (SSSR count). The van der Waals surface area contributed by atoms with E-state index in [4.69, 9.17) is 11.5 Å². The summed E-state index contributed by atoms with van der Waals surface area (Å²) in [6.07, 6.45) is 1.71. The van der Waals surface area contributed by atoms with Gasteiger partial charge in [0.2, 0.25) is 5.91 Å². The number of hydrogen-bond acceptors (Lipinski definition) is 5. The largest absolute Gasteiger partial charge is 0.399 e. The minimum absolute atomic E-state index is 0.0154. The second-order valence-electron chi connectivity index (χ2n) is 7.48. The second-order valence-corrected chi connectivity index (χ2v) is 7.48. The summed E-state index contributed by atoms with van der Waals surface area (Å²) in [5.74, 6) is -0.948. The molecule has 1 amide bonds. The van der Waals surface area contributed by atoms with Crippen LogP contribution in [0, 0.1) is 5.82 Å². The lowest BCUT2D eigenvalue weighted by atomic mass is 10.1. The van der Waals surface area contributed by atoms with E-state index in [9.17, 15) is 18.8 Å². The van der Waals surface area contributed by atoms with Gasteiger partial charge in [-0.15, -0.1) is 0 Å².